The quantitative estimate of drug-likeness (QED) is 0.111. The van der Waals surface area contributed by atoms with Crippen LogP contribution < -0.4 is 27.4 Å². The van der Waals surface area contributed by atoms with Crippen molar-refractivity contribution in [2.75, 3.05) is 57.3 Å². The normalized spacial score (nSPS) is 22.3. The fourth-order valence-corrected chi connectivity index (χ4v) is 10.5. The van der Waals surface area contributed by atoms with E-state index < -0.39 is 5.67 Å². The minimum Gasteiger partial charge on any atom is -0.507 e. The van der Waals surface area contributed by atoms with Crippen molar-refractivity contribution in [3.63, 3.8) is 0 Å². The number of para-hydroxylation sites is 1. The van der Waals surface area contributed by atoms with Gasteiger partial charge in [-0.05, 0) is 117 Å². The van der Waals surface area contributed by atoms with Gasteiger partial charge in [-0.15, -0.1) is 0 Å². The van der Waals surface area contributed by atoms with Gasteiger partial charge < -0.3 is 46.3 Å². The van der Waals surface area contributed by atoms with Gasteiger partial charge in [-0.25, -0.2) is 9.18 Å². The lowest BCUT2D eigenvalue weighted by Crippen LogP contribution is -2.51. The zero-order chi connectivity index (χ0) is 45.7. The Bertz CT molecular complexity index is 2560. The van der Waals surface area contributed by atoms with Crippen LogP contribution in [0.2, 0.25) is 0 Å². The van der Waals surface area contributed by atoms with Crippen molar-refractivity contribution < 1.29 is 28.6 Å². The number of likely N-dealkylation sites (tertiary alicyclic amines) is 2. The second-order valence-electron chi connectivity index (χ2n) is 19.0. The van der Waals surface area contributed by atoms with E-state index in [0.717, 1.165) is 66.7 Å². The number of hydrogen-bond donors (Lipinski definition) is 5. The molecule has 14 nitrogen and oxygen atoms in total. The van der Waals surface area contributed by atoms with Crippen LogP contribution >= 0.6 is 0 Å². The van der Waals surface area contributed by atoms with Crippen molar-refractivity contribution in [2.24, 2.45) is 17.2 Å². The predicted molar refractivity (Wildman–Crippen MR) is 250 cm³/mol. The Morgan fingerprint density at radius 2 is 1.63 bits per heavy atom. The molecule has 8 N–H and O–H groups in total. The predicted octanol–water partition coefficient (Wildman–Crippen LogP) is 6.42. The van der Waals surface area contributed by atoms with Gasteiger partial charge in [0.15, 0.2) is 0 Å². The number of carbonyl (C=O) groups is 3. The first-order valence-electron chi connectivity index (χ1n) is 23.1. The van der Waals surface area contributed by atoms with Crippen LogP contribution in [0.1, 0.15) is 108 Å². The number of nitrogens with two attached hydrogens (primary N) is 3. The highest BCUT2D eigenvalue weighted by atomic mass is 19.1. The number of morpholine rings is 1. The number of aromatic nitrogens is 1. The second-order valence-corrected chi connectivity index (χ2v) is 19.0. The highest BCUT2D eigenvalue weighted by Crippen LogP contribution is 2.46. The minimum atomic E-state index is -1.37. The molecule has 0 spiro atoms. The molecule has 5 fully saturated rings. The maximum Gasteiger partial charge on any atom is 0.328 e. The number of alkyl halides is 1. The summed E-state index contributed by atoms with van der Waals surface area (Å²) in [4.78, 5) is 46.2. The van der Waals surface area contributed by atoms with Crippen LogP contribution in [0, 0.1) is 13.8 Å². The van der Waals surface area contributed by atoms with Crippen LogP contribution in [0.3, 0.4) is 0 Å². The van der Waals surface area contributed by atoms with Crippen molar-refractivity contribution in [1.82, 2.24) is 24.6 Å². The van der Waals surface area contributed by atoms with Crippen LogP contribution in [-0.2, 0) is 9.53 Å². The van der Waals surface area contributed by atoms with Crippen LogP contribution in [0.5, 0.6) is 5.75 Å². The number of urea groups is 1. The zero-order valence-electron chi connectivity index (χ0n) is 37.7. The summed E-state index contributed by atoms with van der Waals surface area (Å²) in [5.41, 5.74) is 25.4. The Labute approximate surface area is 379 Å². The number of fused-ring (bicyclic) bond motifs is 1. The fraction of sp³-hybridized carbons (Fsp3) is 0.460. The maximum absolute atomic E-state index is 16.6. The molecule has 344 valence electrons. The summed E-state index contributed by atoms with van der Waals surface area (Å²) in [6.45, 7) is 9.90. The number of hydrogen-bond acceptors (Lipinski definition) is 10. The third kappa shape index (κ3) is 9.13. The number of halogens is 1. The number of aryl methyl sites for hydroxylation is 2. The lowest BCUT2D eigenvalue weighted by molar-refractivity contribution is -0.120. The van der Waals surface area contributed by atoms with E-state index in [1.165, 1.54) is 10.9 Å². The van der Waals surface area contributed by atoms with Gasteiger partial charge in [-0.1, -0.05) is 18.2 Å². The van der Waals surface area contributed by atoms with Crippen molar-refractivity contribution in [2.45, 2.75) is 95.6 Å². The average Bonchev–Trinajstić information content (AvgIpc) is 4.06. The molecule has 2 atom stereocenters. The Hall–Kier alpha value is -6.06. The van der Waals surface area contributed by atoms with E-state index in [4.69, 9.17) is 21.9 Å². The highest BCUT2D eigenvalue weighted by Gasteiger charge is 2.40. The summed E-state index contributed by atoms with van der Waals surface area (Å²) in [5.74, 6) is 0.352. The van der Waals surface area contributed by atoms with Gasteiger partial charge >= 0.3 is 6.03 Å². The number of anilines is 1. The topological polar surface area (TPSA) is 189 Å². The molecular formula is C50H62FN9O5. The third-order valence-electron chi connectivity index (χ3n) is 14.2. The Morgan fingerprint density at radius 1 is 0.892 bits per heavy atom. The van der Waals surface area contributed by atoms with Crippen LogP contribution in [0.15, 0.2) is 78.4 Å². The molecule has 1 aromatic heterocycles. The van der Waals surface area contributed by atoms with Gasteiger partial charge in [0.05, 0.1) is 11.8 Å². The molecule has 15 heteroatoms. The van der Waals surface area contributed by atoms with Gasteiger partial charge in [-0.2, -0.15) is 0 Å². The zero-order valence-corrected chi connectivity index (χ0v) is 37.7. The summed E-state index contributed by atoms with van der Waals surface area (Å²) in [6.07, 6.45) is 8.49. The number of benzene rings is 3. The number of nitrogens with zero attached hydrogens (tertiary/aromatic N) is 5. The van der Waals surface area contributed by atoms with Crippen molar-refractivity contribution in [3.05, 3.63) is 112 Å². The van der Waals surface area contributed by atoms with Crippen LogP contribution in [-0.4, -0.2) is 106 Å². The number of amides is 4. The molecule has 1 aliphatic carbocycles. The molecule has 9 rings (SSSR count). The van der Waals surface area contributed by atoms with Crippen LogP contribution in [0.25, 0.3) is 16.6 Å². The first-order valence-corrected chi connectivity index (χ1v) is 23.1. The summed E-state index contributed by atoms with van der Waals surface area (Å²) in [6, 6.07) is 16.9. The van der Waals surface area contributed by atoms with Gasteiger partial charge in [-0.3, -0.25) is 19.8 Å². The number of phenolic OH excluding ortho intramolecular Hbond substituents is 1. The van der Waals surface area contributed by atoms with Gasteiger partial charge in [0.25, 0.3) is 5.91 Å². The van der Waals surface area contributed by atoms with Gasteiger partial charge in [0.1, 0.15) is 23.3 Å². The largest absolute Gasteiger partial charge is 0.507 e. The molecule has 65 heavy (non-hydrogen) atoms. The molecule has 1 saturated carbocycles. The highest BCUT2D eigenvalue weighted by molar-refractivity contribution is 6.06. The average molecular weight is 888 g/mol. The summed E-state index contributed by atoms with van der Waals surface area (Å²) >= 11 is 0. The number of piperidine rings is 2. The molecule has 4 aliphatic heterocycles. The molecule has 5 aliphatic rings. The molecule has 0 radical (unpaired) electrons. The first-order chi connectivity index (χ1) is 31.1. The number of phenols is 1. The lowest BCUT2D eigenvalue weighted by Gasteiger charge is -2.41. The Morgan fingerprint density at radius 3 is 2.32 bits per heavy atom. The van der Waals surface area contributed by atoms with Crippen LogP contribution in [0.4, 0.5) is 14.9 Å². The number of carbonyl (C=O) groups excluding carboxylic acids is 3. The Kier molecular flexibility index (Phi) is 12.0. The van der Waals surface area contributed by atoms with E-state index >= 15 is 4.39 Å². The monoisotopic (exact) mass is 887 g/mol. The molecule has 4 saturated heterocycles. The number of imide groups is 1. The molecule has 4 amide bonds. The SMILES string of the molecule is Cc1cc(C2CN(C(/C=C(\N)c3ccccc3O)=C(N)N)CC(C)O2)c(C)cc1C(=O)N1CCC(F)(CN2CCC(n3cc(C4CC4)c4cc(N5CCC(=O)NC5=O)ccc43)CC2)CC1. The Balaban J connectivity index is 0.809. The van der Waals surface area contributed by atoms with Gasteiger partial charge in [0.2, 0.25) is 5.91 Å². The molecule has 4 aromatic rings. The molecular weight excluding hydrogens is 826 g/mol. The number of allylic oxidation sites excluding steroid dienone is 1. The lowest BCUT2D eigenvalue weighted by atomic mass is 9.90. The van der Waals surface area contributed by atoms with E-state index in [1.807, 2.05) is 43.9 Å². The molecule has 5 heterocycles. The summed E-state index contributed by atoms with van der Waals surface area (Å²) in [5, 5.41) is 14.0. The second kappa shape index (κ2) is 17.7. The number of ether oxygens (including phenoxy) is 1. The summed E-state index contributed by atoms with van der Waals surface area (Å²) < 4.78 is 25.5. The maximum atomic E-state index is 16.6. The standard InChI is InChI=1S/C50H62FN9O5/c1-30-23-38(31(2)22-37(30)45-28-58(26-32(3)65-45)43(47(53)54)25-41(52)36-6-4-5-7-44(36)61)48(63)57-20-15-50(51,16-21-57)29-56-17-12-34(13-18-56)60-27-40(33-8-9-33)39-24-35(10-11-42(39)60)59-19-14-46(62)55-49(59)64/h4-7,10-11,22-25,27,32-34,45,61H,8-9,12-21,26,28-29,52-54H2,1-3H3,(H,55,62,64)/b41-25-. The van der Waals surface area contributed by atoms with E-state index in [9.17, 15) is 19.5 Å². The third-order valence-corrected chi connectivity index (χ3v) is 14.2. The molecule has 2 unspecified atom stereocenters. The summed E-state index contributed by atoms with van der Waals surface area (Å²) in [7, 11) is 0. The van der Waals surface area contributed by atoms with Crippen molar-refractivity contribution >= 4 is 40.1 Å². The van der Waals surface area contributed by atoms with E-state index in [-0.39, 0.29) is 48.0 Å². The first kappa shape index (κ1) is 44.2. The molecule has 0 bridgehead atoms. The van der Waals surface area contributed by atoms with Crippen molar-refractivity contribution in [3.8, 4) is 5.75 Å². The van der Waals surface area contributed by atoms with E-state index in [0.29, 0.717) is 86.6 Å². The number of rotatable bonds is 10. The van der Waals surface area contributed by atoms with E-state index in [2.05, 4.69) is 33.1 Å². The van der Waals surface area contributed by atoms with Crippen molar-refractivity contribution in [1.29, 1.82) is 0 Å². The minimum absolute atomic E-state index is 0.0570. The smallest absolute Gasteiger partial charge is 0.328 e. The number of aromatic hydroxyl groups is 1. The fourth-order valence-electron chi connectivity index (χ4n) is 10.5. The molecule has 3 aromatic carbocycles. The number of nitrogens with one attached hydrogen (secondary N) is 1. The van der Waals surface area contributed by atoms with E-state index in [1.54, 1.807) is 40.1 Å². The van der Waals surface area contributed by atoms with Gasteiger partial charge in [0, 0.05) is 117 Å².